The number of Topliss-reactive ketones (excluding diaryl/α,β-unsaturated/α-hetero) is 1. The normalized spacial score (nSPS) is 29.1. The van der Waals surface area contributed by atoms with Gasteiger partial charge >= 0.3 is 6.21 Å². The van der Waals surface area contributed by atoms with Crippen LogP contribution in [0.4, 0.5) is 5.69 Å². The van der Waals surface area contributed by atoms with Gasteiger partial charge in [-0.2, -0.15) is 4.79 Å². The monoisotopic (exact) mass is 269 g/mol. The first-order chi connectivity index (χ1) is 9.40. The predicted octanol–water partition coefficient (Wildman–Crippen LogP) is 1.43. The van der Waals surface area contributed by atoms with E-state index in [0.717, 1.165) is 17.5 Å². The summed E-state index contributed by atoms with van der Waals surface area (Å²) >= 11 is 0. The first kappa shape index (κ1) is 12.8. The Morgan fingerprint density at radius 1 is 1.40 bits per heavy atom. The Labute approximate surface area is 116 Å². The fourth-order valence-corrected chi connectivity index (χ4v) is 3.95. The zero-order valence-corrected chi connectivity index (χ0v) is 11.6. The van der Waals surface area contributed by atoms with Crippen molar-refractivity contribution in [2.75, 3.05) is 11.9 Å². The molecule has 3 rings (SSSR count). The lowest BCUT2D eigenvalue weighted by Crippen LogP contribution is -2.32. The second-order valence-electron chi connectivity index (χ2n) is 5.99. The van der Waals surface area contributed by atoms with Crippen LogP contribution >= 0.6 is 0 Å². The molecule has 2 aliphatic rings. The number of likely N-dealkylation sites (N-methyl/N-ethyl adjacent to an activating group) is 1. The van der Waals surface area contributed by atoms with Gasteiger partial charge in [-0.25, -0.2) is 0 Å². The van der Waals surface area contributed by atoms with E-state index in [0.29, 0.717) is 0 Å². The molecule has 5 heteroatoms. The van der Waals surface area contributed by atoms with Crippen molar-refractivity contribution in [3.63, 3.8) is 0 Å². The SMILES string of the molecule is CN1C(=O)C2(c3ccccc31)[C@@H](C(=O)C=[N+]=[N-])C2(C)C. The van der Waals surface area contributed by atoms with Crippen LogP contribution in [0.15, 0.2) is 24.3 Å². The maximum atomic E-state index is 12.7. The Bertz CT molecular complexity index is 688. The highest BCUT2D eigenvalue weighted by Gasteiger charge is 2.81. The molecule has 1 unspecified atom stereocenters. The van der Waals surface area contributed by atoms with Gasteiger partial charge in [-0.3, -0.25) is 9.59 Å². The van der Waals surface area contributed by atoms with Crippen LogP contribution in [0.25, 0.3) is 5.53 Å². The number of fused-ring (bicyclic) bond motifs is 2. The summed E-state index contributed by atoms with van der Waals surface area (Å²) in [7, 11) is 1.73. The van der Waals surface area contributed by atoms with Crippen LogP contribution < -0.4 is 4.90 Å². The molecule has 2 atom stereocenters. The number of carbonyl (C=O) groups excluding carboxylic acids is 2. The average molecular weight is 269 g/mol. The molecule has 1 aromatic carbocycles. The van der Waals surface area contributed by atoms with Gasteiger partial charge in [0.2, 0.25) is 11.7 Å². The second-order valence-corrected chi connectivity index (χ2v) is 5.99. The summed E-state index contributed by atoms with van der Waals surface area (Å²) in [6.45, 7) is 3.82. The smallest absolute Gasteiger partial charge is 0.323 e. The van der Waals surface area contributed by atoms with Crippen molar-refractivity contribution in [3.8, 4) is 0 Å². The van der Waals surface area contributed by atoms with Crippen LogP contribution in [-0.2, 0) is 15.0 Å². The van der Waals surface area contributed by atoms with E-state index in [2.05, 4.69) is 4.79 Å². The van der Waals surface area contributed by atoms with Gasteiger partial charge in [-0.15, -0.1) is 0 Å². The minimum absolute atomic E-state index is 0.0617. The third kappa shape index (κ3) is 1.14. The van der Waals surface area contributed by atoms with E-state index >= 15 is 0 Å². The lowest BCUT2D eigenvalue weighted by atomic mass is 9.89. The second kappa shape index (κ2) is 3.64. The molecule has 0 N–H and O–H groups in total. The Hall–Kier alpha value is -2.26. The quantitative estimate of drug-likeness (QED) is 0.462. The number of benzene rings is 1. The number of ketones is 1. The Morgan fingerprint density at radius 3 is 2.70 bits per heavy atom. The predicted molar refractivity (Wildman–Crippen MR) is 73.5 cm³/mol. The molecule has 1 spiro atoms. The summed E-state index contributed by atoms with van der Waals surface area (Å²) < 4.78 is 0. The minimum atomic E-state index is -0.823. The highest BCUT2D eigenvalue weighted by atomic mass is 16.2. The molecule has 0 aromatic heterocycles. The number of para-hydroxylation sites is 1. The molecule has 1 fully saturated rings. The zero-order valence-electron chi connectivity index (χ0n) is 11.6. The lowest BCUT2D eigenvalue weighted by Gasteiger charge is -2.13. The van der Waals surface area contributed by atoms with Crippen LogP contribution in [0.5, 0.6) is 0 Å². The summed E-state index contributed by atoms with van der Waals surface area (Å²) in [6.07, 6.45) is 0.898. The van der Waals surface area contributed by atoms with E-state index in [1.807, 2.05) is 38.1 Å². The lowest BCUT2D eigenvalue weighted by molar-refractivity contribution is -0.123. The van der Waals surface area contributed by atoms with Crippen molar-refractivity contribution in [3.05, 3.63) is 35.4 Å². The van der Waals surface area contributed by atoms with Crippen LogP contribution in [0.1, 0.15) is 19.4 Å². The van der Waals surface area contributed by atoms with E-state index in [4.69, 9.17) is 5.53 Å². The number of nitrogens with zero attached hydrogens (tertiary/aromatic N) is 3. The topological polar surface area (TPSA) is 73.8 Å². The van der Waals surface area contributed by atoms with Crippen molar-refractivity contribution in [2.45, 2.75) is 19.3 Å². The van der Waals surface area contributed by atoms with Gasteiger partial charge in [-0.05, 0) is 17.0 Å². The molecule has 1 aliphatic heterocycles. The van der Waals surface area contributed by atoms with Gasteiger partial charge in [0.25, 0.3) is 0 Å². The first-order valence-corrected chi connectivity index (χ1v) is 6.49. The summed E-state index contributed by atoms with van der Waals surface area (Å²) in [4.78, 5) is 29.3. The van der Waals surface area contributed by atoms with Crippen LogP contribution in [0.2, 0.25) is 0 Å². The minimum Gasteiger partial charge on any atom is -0.361 e. The number of amides is 1. The van der Waals surface area contributed by atoms with E-state index in [9.17, 15) is 9.59 Å². The van der Waals surface area contributed by atoms with Crippen molar-refractivity contribution >= 4 is 23.6 Å². The van der Waals surface area contributed by atoms with E-state index in [1.54, 1.807) is 11.9 Å². The molecule has 0 saturated heterocycles. The molecular weight excluding hydrogens is 254 g/mol. The third-order valence-electron chi connectivity index (χ3n) is 4.89. The zero-order chi connectivity index (χ0) is 14.7. The number of carbonyl (C=O) groups is 2. The number of anilines is 1. The summed E-state index contributed by atoms with van der Waals surface area (Å²) in [5.74, 6) is -0.853. The van der Waals surface area contributed by atoms with Crippen LogP contribution in [0.3, 0.4) is 0 Å². The highest BCUT2D eigenvalue weighted by molar-refractivity contribution is 6.31. The number of hydrogen-bond acceptors (Lipinski definition) is 2. The fraction of sp³-hybridized carbons (Fsp3) is 0.400. The molecule has 1 aliphatic carbocycles. The summed E-state index contributed by atoms with van der Waals surface area (Å²) in [6, 6.07) is 7.55. The molecule has 5 nitrogen and oxygen atoms in total. The molecule has 0 bridgehead atoms. The molecule has 20 heavy (non-hydrogen) atoms. The van der Waals surface area contributed by atoms with Gasteiger partial charge in [0.1, 0.15) is 0 Å². The van der Waals surface area contributed by atoms with Crippen LogP contribution in [0, 0.1) is 11.3 Å². The standard InChI is InChI=1S/C15H15N3O2/c1-14(2)12(11(19)8-17-16)15(14)9-6-4-5-7-10(9)18(3)13(15)20/h4-8,12H,1-3H3/t12-,15?/m0/s1. The highest BCUT2D eigenvalue weighted by Crippen LogP contribution is 2.73. The van der Waals surface area contributed by atoms with Gasteiger partial charge < -0.3 is 10.4 Å². The van der Waals surface area contributed by atoms with Crippen molar-refractivity contribution in [1.82, 2.24) is 0 Å². The maximum absolute atomic E-state index is 12.7. The van der Waals surface area contributed by atoms with E-state index < -0.39 is 16.7 Å². The Balaban J connectivity index is 2.22. The molecule has 1 aromatic rings. The average Bonchev–Trinajstić information content (AvgIpc) is 2.86. The van der Waals surface area contributed by atoms with Crippen LogP contribution in [-0.4, -0.2) is 29.7 Å². The Morgan fingerprint density at radius 2 is 2.05 bits per heavy atom. The van der Waals surface area contributed by atoms with Gasteiger partial charge in [0.05, 0.1) is 11.3 Å². The van der Waals surface area contributed by atoms with Gasteiger partial charge in [0, 0.05) is 12.7 Å². The maximum Gasteiger partial charge on any atom is 0.323 e. The molecule has 1 saturated carbocycles. The van der Waals surface area contributed by atoms with E-state index in [1.165, 1.54) is 0 Å². The summed E-state index contributed by atoms with van der Waals surface area (Å²) in [5, 5.41) is 0. The van der Waals surface area contributed by atoms with Crippen molar-refractivity contribution in [1.29, 1.82) is 0 Å². The number of rotatable bonds is 2. The fourth-order valence-electron chi connectivity index (χ4n) is 3.95. The molecule has 102 valence electrons. The Kier molecular flexibility index (Phi) is 2.32. The van der Waals surface area contributed by atoms with Crippen molar-refractivity contribution in [2.24, 2.45) is 11.3 Å². The summed E-state index contributed by atoms with van der Waals surface area (Å²) in [5.41, 5.74) is 9.02. The molecular formula is C15H15N3O2. The van der Waals surface area contributed by atoms with Gasteiger partial charge in [-0.1, -0.05) is 32.0 Å². The molecule has 1 heterocycles. The first-order valence-electron chi connectivity index (χ1n) is 6.49. The third-order valence-corrected chi connectivity index (χ3v) is 4.89. The van der Waals surface area contributed by atoms with E-state index in [-0.39, 0.29) is 11.7 Å². The molecule has 1 amide bonds. The number of hydrogen-bond donors (Lipinski definition) is 0. The van der Waals surface area contributed by atoms with Crippen molar-refractivity contribution < 1.29 is 14.4 Å². The molecule has 0 radical (unpaired) electrons. The largest absolute Gasteiger partial charge is 0.361 e. The van der Waals surface area contributed by atoms with Gasteiger partial charge in [0.15, 0.2) is 0 Å².